The van der Waals surface area contributed by atoms with Gasteiger partial charge in [0.05, 0.1) is 10.6 Å². The van der Waals surface area contributed by atoms with Gasteiger partial charge in [-0.05, 0) is 38.8 Å². The highest BCUT2D eigenvalue weighted by Gasteiger charge is 2.20. The molecule has 1 amide bonds. The van der Waals surface area contributed by atoms with E-state index in [1.807, 2.05) is 13.0 Å². The van der Waals surface area contributed by atoms with E-state index < -0.39 is 0 Å². The van der Waals surface area contributed by atoms with Crippen molar-refractivity contribution in [1.29, 1.82) is 0 Å². The lowest BCUT2D eigenvalue weighted by Crippen LogP contribution is -2.29. The van der Waals surface area contributed by atoms with Crippen molar-refractivity contribution < 1.29 is 4.79 Å². The Balaban J connectivity index is 1.91. The second-order valence-electron chi connectivity index (χ2n) is 4.92. The first-order chi connectivity index (χ1) is 8.66. The van der Waals surface area contributed by atoms with E-state index in [4.69, 9.17) is 0 Å². The van der Waals surface area contributed by atoms with Crippen molar-refractivity contribution in [2.45, 2.75) is 46.0 Å². The number of carbonyl (C=O) groups is 1. The number of hydrazone groups is 1. The minimum Gasteiger partial charge on any atom is -0.273 e. The van der Waals surface area contributed by atoms with Crippen LogP contribution in [0.5, 0.6) is 0 Å². The van der Waals surface area contributed by atoms with Crippen LogP contribution in [0, 0.1) is 12.8 Å². The summed E-state index contributed by atoms with van der Waals surface area (Å²) in [5.74, 6) is 0.252. The van der Waals surface area contributed by atoms with E-state index in [0.717, 1.165) is 23.4 Å². The Morgan fingerprint density at radius 1 is 1.33 bits per heavy atom. The van der Waals surface area contributed by atoms with E-state index in [2.05, 4.69) is 23.5 Å². The van der Waals surface area contributed by atoms with Gasteiger partial charge in [0.2, 0.25) is 5.91 Å². The van der Waals surface area contributed by atoms with Crippen LogP contribution in [-0.4, -0.2) is 11.6 Å². The van der Waals surface area contributed by atoms with Crippen molar-refractivity contribution >= 4 is 23.0 Å². The van der Waals surface area contributed by atoms with E-state index in [1.54, 1.807) is 11.3 Å². The molecule has 1 saturated carbocycles. The molecule has 0 aliphatic heterocycles. The van der Waals surface area contributed by atoms with Crippen molar-refractivity contribution in [3.05, 3.63) is 21.9 Å². The highest BCUT2D eigenvalue weighted by molar-refractivity contribution is 7.14. The molecule has 0 spiro atoms. The predicted molar refractivity (Wildman–Crippen MR) is 76.0 cm³/mol. The molecule has 4 heteroatoms. The number of nitrogens with one attached hydrogen (secondary N) is 1. The molecular weight excluding hydrogens is 244 g/mol. The van der Waals surface area contributed by atoms with E-state index >= 15 is 0 Å². The molecule has 1 fully saturated rings. The van der Waals surface area contributed by atoms with Gasteiger partial charge < -0.3 is 0 Å². The third-order valence-electron chi connectivity index (χ3n) is 3.41. The van der Waals surface area contributed by atoms with Gasteiger partial charge in [-0.25, -0.2) is 5.43 Å². The molecule has 1 aliphatic rings. The van der Waals surface area contributed by atoms with Crippen LogP contribution < -0.4 is 5.43 Å². The molecule has 1 heterocycles. The molecule has 0 saturated heterocycles. The molecule has 1 aromatic heterocycles. The lowest BCUT2D eigenvalue weighted by Gasteiger charge is -2.19. The molecule has 0 aromatic carbocycles. The summed E-state index contributed by atoms with van der Waals surface area (Å²) in [6.07, 6.45) is 5.63. The number of nitrogens with zero attached hydrogens (tertiary/aromatic N) is 1. The third-order valence-corrected chi connectivity index (χ3v) is 4.52. The Kier molecular flexibility index (Phi) is 4.53. The standard InChI is InChI=1S/C14H20N2OS/c1-10-8-9-13(18-10)11(2)15-16-14(17)12-6-4-3-5-7-12/h8-9,12H,3-7H2,1-2H3,(H,16,17)/b15-11-. The first kappa shape index (κ1) is 13.3. The average molecular weight is 264 g/mol. The summed E-state index contributed by atoms with van der Waals surface area (Å²) in [4.78, 5) is 14.3. The molecule has 3 nitrogen and oxygen atoms in total. The minimum atomic E-state index is 0.0855. The first-order valence-corrected chi connectivity index (χ1v) is 7.39. The fraction of sp³-hybridized carbons (Fsp3) is 0.571. The summed E-state index contributed by atoms with van der Waals surface area (Å²) in [7, 11) is 0. The summed E-state index contributed by atoms with van der Waals surface area (Å²) in [6, 6.07) is 4.12. The Morgan fingerprint density at radius 3 is 2.67 bits per heavy atom. The van der Waals surface area contributed by atoms with Gasteiger partial charge in [0.25, 0.3) is 0 Å². The van der Waals surface area contributed by atoms with Crippen LogP contribution >= 0.6 is 11.3 Å². The zero-order chi connectivity index (χ0) is 13.0. The predicted octanol–water partition coefficient (Wildman–Crippen LogP) is 3.48. The molecule has 0 unspecified atom stereocenters. The van der Waals surface area contributed by atoms with E-state index in [1.165, 1.54) is 24.1 Å². The van der Waals surface area contributed by atoms with Crippen LogP contribution in [0.1, 0.15) is 48.8 Å². The van der Waals surface area contributed by atoms with Gasteiger partial charge in [0.15, 0.2) is 0 Å². The number of aryl methyl sites for hydroxylation is 1. The van der Waals surface area contributed by atoms with Crippen molar-refractivity contribution in [2.24, 2.45) is 11.0 Å². The quantitative estimate of drug-likeness (QED) is 0.659. The van der Waals surface area contributed by atoms with Crippen LogP contribution in [0.4, 0.5) is 0 Å². The maximum absolute atomic E-state index is 11.9. The maximum atomic E-state index is 11.9. The SMILES string of the molecule is C/C(=N/NC(=O)C1CCCCC1)c1ccc(C)s1. The normalized spacial score (nSPS) is 17.8. The fourth-order valence-electron chi connectivity index (χ4n) is 2.28. The van der Waals surface area contributed by atoms with Gasteiger partial charge in [-0.3, -0.25) is 4.79 Å². The summed E-state index contributed by atoms with van der Waals surface area (Å²) in [6.45, 7) is 4.01. The molecule has 0 atom stereocenters. The van der Waals surface area contributed by atoms with Gasteiger partial charge in [0.1, 0.15) is 0 Å². The van der Waals surface area contributed by atoms with Gasteiger partial charge in [0, 0.05) is 10.8 Å². The van der Waals surface area contributed by atoms with Gasteiger partial charge >= 0.3 is 0 Å². The monoisotopic (exact) mass is 264 g/mol. The summed E-state index contributed by atoms with van der Waals surface area (Å²) in [5, 5.41) is 4.21. The highest BCUT2D eigenvalue weighted by atomic mass is 32.1. The molecule has 1 N–H and O–H groups in total. The van der Waals surface area contributed by atoms with Crippen molar-refractivity contribution in [2.75, 3.05) is 0 Å². The second-order valence-corrected chi connectivity index (χ2v) is 6.21. The van der Waals surface area contributed by atoms with Gasteiger partial charge in [-0.1, -0.05) is 19.3 Å². The number of carbonyl (C=O) groups excluding carboxylic acids is 1. The van der Waals surface area contributed by atoms with Gasteiger partial charge in [-0.2, -0.15) is 5.10 Å². The molecular formula is C14H20N2OS. The second kappa shape index (κ2) is 6.14. The first-order valence-electron chi connectivity index (χ1n) is 6.58. The zero-order valence-electron chi connectivity index (χ0n) is 11.0. The third kappa shape index (κ3) is 3.42. The van der Waals surface area contributed by atoms with Crippen molar-refractivity contribution in [3.63, 3.8) is 0 Å². The number of hydrogen-bond donors (Lipinski definition) is 1. The Morgan fingerprint density at radius 2 is 2.06 bits per heavy atom. The number of hydrogen-bond acceptors (Lipinski definition) is 3. The van der Waals surface area contributed by atoms with E-state index in [0.29, 0.717) is 0 Å². The summed E-state index contributed by atoms with van der Waals surface area (Å²) in [5.41, 5.74) is 3.60. The molecule has 1 aliphatic carbocycles. The van der Waals surface area contributed by atoms with E-state index in [-0.39, 0.29) is 11.8 Å². The van der Waals surface area contributed by atoms with Crippen LogP contribution in [0.25, 0.3) is 0 Å². The molecule has 0 radical (unpaired) electrons. The molecule has 98 valence electrons. The largest absolute Gasteiger partial charge is 0.273 e. The number of rotatable bonds is 3. The lowest BCUT2D eigenvalue weighted by atomic mass is 9.89. The Bertz CT molecular complexity index is 444. The van der Waals surface area contributed by atoms with Gasteiger partial charge in [-0.15, -0.1) is 11.3 Å². The molecule has 18 heavy (non-hydrogen) atoms. The van der Waals surface area contributed by atoms with Crippen LogP contribution in [0.15, 0.2) is 17.2 Å². The zero-order valence-corrected chi connectivity index (χ0v) is 11.8. The van der Waals surface area contributed by atoms with Crippen LogP contribution in [0.2, 0.25) is 0 Å². The minimum absolute atomic E-state index is 0.0855. The number of thiophene rings is 1. The molecule has 1 aromatic rings. The summed E-state index contributed by atoms with van der Waals surface area (Å²) >= 11 is 1.70. The summed E-state index contributed by atoms with van der Waals surface area (Å²) < 4.78 is 0. The Labute approximate surface area is 112 Å². The molecule has 0 bridgehead atoms. The van der Waals surface area contributed by atoms with Crippen LogP contribution in [0.3, 0.4) is 0 Å². The van der Waals surface area contributed by atoms with Crippen molar-refractivity contribution in [1.82, 2.24) is 5.43 Å². The topological polar surface area (TPSA) is 41.5 Å². The Hall–Kier alpha value is -1.16. The maximum Gasteiger partial charge on any atom is 0.243 e. The molecule has 2 rings (SSSR count). The highest BCUT2D eigenvalue weighted by Crippen LogP contribution is 2.23. The lowest BCUT2D eigenvalue weighted by molar-refractivity contribution is -0.125. The smallest absolute Gasteiger partial charge is 0.243 e. The van der Waals surface area contributed by atoms with E-state index in [9.17, 15) is 4.79 Å². The number of amides is 1. The van der Waals surface area contributed by atoms with Crippen LogP contribution in [-0.2, 0) is 4.79 Å². The fourth-order valence-corrected chi connectivity index (χ4v) is 3.09. The average Bonchev–Trinajstić information content (AvgIpc) is 2.83. The van der Waals surface area contributed by atoms with Crippen molar-refractivity contribution in [3.8, 4) is 0 Å².